The number of hydrogen-bond donors (Lipinski definition) is 1. The van der Waals surface area contributed by atoms with Crippen LogP contribution in [0, 0.1) is 5.92 Å². The van der Waals surface area contributed by atoms with E-state index in [0.717, 1.165) is 18.9 Å². The van der Waals surface area contributed by atoms with Gasteiger partial charge in [0.15, 0.2) is 0 Å². The molecule has 0 aromatic rings. The summed E-state index contributed by atoms with van der Waals surface area (Å²) < 4.78 is 0. The first-order valence-electron chi connectivity index (χ1n) is 9.64. The SMILES string of the molecule is CN(C)C(=O)CNCC1(C)CC(C=NCCC2CCCCC2)=CC=N1. The molecule has 1 heterocycles. The number of allylic oxidation sites excluding steroid dienone is 1. The Balaban J connectivity index is 1.71. The lowest BCUT2D eigenvalue weighted by Crippen LogP contribution is -2.42. The molecule has 5 heteroatoms. The molecule has 25 heavy (non-hydrogen) atoms. The van der Waals surface area contributed by atoms with Crippen LogP contribution in [0.1, 0.15) is 51.9 Å². The van der Waals surface area contributed by atoms with Crippen molar-refractivity contribution in [1.82, 2.24) is 10.2 Å². The highest BCUT2D eigenvalue weighted by molar-refractivity contribution is 5.88. The summed E-state index contributed by atoms with van der Waals surface area (Å²) in [6.07, 6.45) is 15.0. The molecule has 0 spiro atoms. The molecule has 0 aromatic heterocycles. The number of carbonyl (C=O) groups is 1. The Labute approximate surface area is 152 Å². The minimum atomic E-state index is -0.202. The predicted molar refractivity (Wildman–Crippen MR) is 106 cm³/mol. The highest BCUT2D eigenvalue weighted by Crippen LogP contribution is 2.26. The number of nitrogens with zero attached hydrogens (tertiary/aromatic N) is 3. The largest absolute Gasteiger partial charge is 0.348 e. The van der Waals surface area contributed by atoms with Gasteiger partial charge in [0, 0.05) is 46.0 Å². The van der Waals surface area contributed by atoms with Crippen LogP contribution >= 0.6 is 0 Å². The summed E-state index contributed by atoms with van der Waals surface area (Å²) in [6, 6.07) is 0. The second-order valence-corrected chi connectivity index (χ2v) is 7.91. The van der Waals surface area contributed by atoms with E-state index in [0.29, 0.717) is 13.1 Å². The molecule has 1 amide bonds. The number of amides is 1. The Morgan fingerprint density at radius 3 is 2.88 bits per heavy atom. The number of rotatable bonds is 8. The second kappa shape index (κ2) is 9.85. The second-order valence-electron chi connectivity index (χ2n) is 7.91. The summed E-state index contributed by atoms with van der Waals surface area (Å²) in [6.45, 7) is 4.11. The molecular weight excluding hydrogens is 312 g/mol. The average Bonchev–Trinajstić information content (AvgIpc) is 2.59. The average molecular weight is 347 g/mol. The van der Waals surface area contributed by atoms with E-state index >= 15 is 0 Å². The van der Waals surface area contributed by atoms with Gasteiger partial charge in [-0.3, -0.25) is 14.8 Å². The van der Waals surface area contributed by atoms with Gasteiger partial charge in [0.2, 0.25) is 5.91 Å². The summed E-state index contributed by atoms with van der Waals surface area (Å²) in [7, 11) is 3.55. The van der Waals surface area contributed by atoms with Crippen LogP contribution in [0.5, 0.6) is 0 Å². The number of hydrogen-bond acceptors (Lipinski definition) is 4. The quantitative estimate of drug-likeness (QED) is 0.687. The maximum atomic E-state index is 11.7. The van der Waals surface area contributed by atoms with Crippen molar-refractivity contribution in [3.63, 3.8) is 0 Å². The van der Waals surface area contributed by atoms with E-state index in [9.17, 15) is 4.79 Å². The molecule has 140 valence electrons. The molecule has 1 fully saturated rings. The van der Waals surface area contributed by atoms with Crippen LogP contribution in [-0.4, -0.2) is 62.5 Å². The monoisotopic (exact) mass is 346 g/mol. The molecule has 0 bridgehead atoms. The van der Waals surface area contributed by atoms with Gasteiger partial charge in [0.25, 0.3) is 0 Å². The molecular formula is C20H34N4O. The number of aliphatic imine (C=N–C) groups is 2. The summed E-state index contributed by atoms with van der Waals surface area (Å²) in [4.78, 5) is 22.5. The van der Waals surface area contributed by atoms with Crippen molar-refractivity contribution in [3.05, 3.63) is 11.6 Å². The van der Waals surface area contributed by atoms with E-state index in [4.69, 9.17) is 0 Å². The number of dihydropyridines is 1. The van der Waals surface area contributed by atoms with E-state index in [1.54, 1.807) is 19.0 Å². The van der Waals surface area contributed by atoms with E-state index in [1.807, 2.05) is 12.4 Å². The molecule has 2 rings (SSSR count). The van der Waals surface area contributed by atoms with Gasteiger partial charge in [-0.25, -0.2) is 0 Å². The van der Waals surface area contributed by atoms with Crippen LogP contribution < -0.4 is 5.32 Å². The molecule has 1 saturated carbocycles. The van der Waals surface area contributed by atoms with Gasteiger partial charge in [-0.1, -0.05) is 32.1 Å². The third-order valence-electron chi connectivity index (χ3n) is 5.19. The molecule has 1 N–H and O–H groups in total. The van der Waals surface area contributed by atoms with Gasteiger partial charge < -0.3 is 10.2 Å². The summed E-state index contributed by atoms with van der Waals surface area (Å²) in [5, 5.41) is 3.23. The van der Waals surface area contributed by atoms with Crippen molar-refractivity contribution < 1.29 is 4.79 Å². The van der Waals surface area contributed by atoms with Crippen molar-refractivity contribution in [2.24, 2.45) is 15.9 Å². The normalized spacial score (nSPS) is 24.5. The third kappa shape index (κ3) is 7.10. The van der Waals surface area contributed by atoms with Crippen molar-refractivity contribution >= 4 is 18.3 Å². The number of nitrogens with one attached hydrogen (secondary N) is 1. The number of carbonyl (C=O) groups excluding carboxylic acids is 1. The fraction of sp³-hybridized carbons (Fsp3) is 0.750. The summed E-state index contributed by atoms with van der Waals surface area (Å²) in [5.74, 6) is 0.972. The molecule has 5 nitrogen and oxygen atoms in total. The third-order valence-corrected chi connectivity index (χ3v) is 5.19. The molecule has 0 radical (unpaired) electrons. The molecule has 1 aliphatic heterocycles. The highest BCUT2D eigenvalue weighted by Gasteiger charge is 2.25. The van der Waals surface area contributed by atoms with Crippen molar-refractivity contribution in [2.75, 3.05) is 33.7 Å². The zero-order valence-corrected chi connectivity index (χ0v) is 16.1. The molecule has 0 aromatic carbocycles. The number of likely N-dealkylation sites (N-methyl/N-ethyl adjacent to an activating group) is 1. The van der Waals surface area contributed by atoms with Crippen LogP contribution in [-0.2, 0) is 4.79 Å². The van der Waals surface area contributed by atoms with Gasteiger partial charge in [-0.15, -0.1) is 0 Å². The fourth-order valence-electron chi connectivity index (χ4n) is 3.57. The van der Waals surface area contributed by atoms with Crippen LogP contribution in [0.25, 0.3) is 0 Å². The molecule has 0 saturated heterocycles. The van der Waals surface area contributed by atoms with Crippen molar-refractivity contribution in [2.45, 2.75) is 57.4 Å². The Bertz CT molecular complexity index is 518. The zero-order chi connectivity index (χ0) is 18.1. The molecule has 1 aliphatic carbocycles. The fourth-order valence-corrected chi connectivity index (χ4v) is 3.57. The van der Waals surface area contributed by atoms with Crippen LogP contribution in [0.2, 0.25) is 0 Å². The first kappa shape index (κ1) is 19.8. The highest BCUT2D eigenvalue weighted by atomic mass is 16.2. The topological polar surface area (TPSA) is 57.1 Å². The Kier molecular flexibility index (Phi) is 7.82. The summed E-state index contributed by atoms with van der Waals surface area (Å²) in [5.41, 5.74) is 1.02. The maximum absolute atomic E-state index is 11.7. The van der Waals surface area contributed by atoms with Gasteiger partial charge in [-0.2, -0.15) is 0 Å². The van der Waals surface area contributed by atoms with E-state index in [2.05, 4.69) is 28.3 Å². The Morgan fingerprint density at radius 2 is 2.16 bits per heavy atom. The van der Waals surface area contributed by atoms with E-state index in [-0.39, 0.29) is 11.4 Å². The Morgan fingerprint density at radius 1 is 1.40 bits per heavy atom. The standard InChI is InChI=1S/C20H34N4O/c1-20(16-22-15-19(25)24(2)3)13-18(10-12-23-20)14-21-11-9-17-7-5-4-6-8-17/h10,12,14,17,22H,4-9,11,13,15-16H2,1-3H3. The van der Waals surface area contributed by atoms with E-state index < -0.39 is 0 Å². The predicted octanol–water partition coefficient (Wildman–Crippen LogP) is 2.87. The minimum absolute atomic E-state index is 0.0865. The maximum Gasteiger partial charge on any atom is 0.236 e. The van der Waals surface area contributed by atoms with Gasteiger partial charge in [0.1, 0.15) is 0 Å². The van der Waals surface area contributed by atoms with Crippen molar-refractivity contribution in [3.8, 4) is 0 Å². The first-order chi connectivity index (χ1) is 12.0. The van der Waals surface area contributed by atoms with Gasteiger partial charge >= 0.3 is 0 Å². The minimum Gasteiger partial charge on any atom is -0.348 e. The molecule has 1 atom stereocenters. The van der Waals surface area contributed by atoms with Crippen molar-refractivity contribution in [1.29, 1.82) is 0 Å². The Hall–Kier alpha value is -1.49. The van der Waals surface area contributed by atoms with E-state index in [1.165, 1.54) is 44.1 Å². The first-order valence-corrected chi connectivity index (χ1v) is 9.64. The molecule has 1 unspecified atom stereocenters. The molecule has 2 aliphatic rings. The lowest BCUT2D eigenvalue weighted by Gasteiger charge is -2.28. The lowest BCUT2D eigenvalue weighted by atomic mass is 9.87. The van der Waals surface area contributed by atoms with Gasteiger partial charge in [0.05, 0.1) is 12.1 Å². The summed E-state index contributed by atoms with van der Waals surface area (Å²) >= 11 is 0. The van der Waals surface area contributed by atoms with Crippen LogP contribution in [0.15, 0.2) is 21.6 Å². The van der Waals surface area contributed by atoms with Crippen LogP contribution in [0.4, 0.5) is 0 Å². The van der Waals surface area contributed by atoms with Crippen LogP contribution in [0.3, 0.4) is 0 Å². The lowest BCUT2D eigenvalue weighted by molar-refractivity contribution is -0.127. The zero-order valence-electron chi connectivity index (χ0n) is 16.1. The smallest absolute Gasteiger partial charge is 0.236 e. The van der Waals surface area contributed by atoms with Gasteiger partial charge in [-0.05, 0) is 30.9 Å².